The maximum absolute atomic E-state index is 13.5. The van der Waals surface area contributed by atoms with E-state index in [1.54, 1.807) is 24.4 Å². The predicted molar refractivity (Wildman–Crippen MR) is 70.8 cm³/mol. The van der Waals surface area contributed by atoms with Crippen LogP contribution in [0.4, 0.5) is 10.2 Å². The average Bonchev–Trinajstić information content (AvgIpc) is 2.35. The van der Waals surface area contributed by atoms with Gasteiger partial charge in [0, 0.05) is 22.7 Å². The Morgan fingerprint density at radius 2 is 2.17 bits per heavy atom. The van der Waals surface area contributed by atoms with E-state index >= 15 is 0 Å². The molecule has 0 saturated carbocycles. The third-order valence-corrected chi connectivity index (χ3v) is 3.00. The van der Waals surface area contributed by atoms with Gasteiger partial charge in [-0.2, -0.15) is 0 Å². The maximum Gasteiger partial charge on any atom is 0.170 e. The topological polar surface area (TPSA) is 56.0 Å². The largest absolute Gasteiger partial charge is 0.383 e. The number of carbonyl (C=O) groups is 1. The minimum atomic E-state index is -0.536. The van der Waals surface area contributed by atoms with Crippen LogP contribution in [0, 0.1) is 5.82 Å². The minimum Gasteiger partial charge on any atom is -0.383 e. The van der Waals surface area contributed by atoms with Crippen LogP contribution in [0.3, 0.4) is 0 Å². The number of Topliss-reactive ketones (excluding diaryl/α,β-unsaturated/α-hetero) is 1. The molecule has 0 aliphatic carbocycles. The zero-order valence-corrected chi connectivity index (χ0v) is 10.9. The minimum absolute atomic E-state index is 0.0348. The molecule has 0 spiro atoms. The molecule has 0 saturated heterocycles. The number of halogens is 2. The van der Waals surface area contributed by atoms with Crippen molar-refractivity contribution < 1.29 is 9.18 Å². The van der Waals surface area contributed by atoms with Crippen molar-refractivity contribution in [3.63, 3.8) is 0 Å². The van der Waals surface area contributed by atoms with Gasteiger partial charge in [0.25, 0.3) is 0 Å². The van der Waals surface area contributed by atoms with Gasteiger partial charge in [-0.25, -0.2) is 9.37 Å². The first kappa shape index (κ1) is 12.7. The standard InChI is InChI=1S/C13H10BrFN2O/c14-9-3-4-11(15)10(7-9)12(18)6-8-2-1-5-17-13(8)16/h1-5,7H,6H2,(H2,16,17). The molecule has 18 heavy (non-hydrogen) atoms. The summed E-state index contributed by atoms with van der Waals surface area (Å²) < 4.78 is 14.2. The fourth-order valence-corrected chi connectivity index (χ4v) is 1.94. The molecule has 3 nitrogen and oxygen atoms in total. The predicted octanol–water partition coefficient (Wildman–Crippen LogP) is 2.99. The molecule has 1 aromatic carbocycles. The number of benzene rings is 1. The second kappa shape index (κ2) is 5.27. The highest BCUT2D eigenvalue weighted by molar-refractivity contribution is 9.10. The van der Waals surface area contributed by atoms with Gasteiger partial charge in [-0.1, -0.05) is 22.0 Å². The second-order valence-electron chi connectivity index (χ2n) is 3.77. The smallest absolute Gasteiger partial charge is 0.170 e. The summed E-state index contributed by atoms with van der Waals surface area (Å²) in [7, 11) is 0. The van der Waals surface area contributed by atoms with Gasteiger partial charge in [-0.15, -0.1) is 0 Å². The van der Waals surface area contributed by atoms with Gasteiger partial charge < -0.3 is 5.73 Å². The summed E-state index contributed by atoms with van der Waals surface area (Å²) in [5.41, 5.74) is 6.30. The van der Waals surface area contributed by atoms with Gasteiger partial charge in [-0.05, 0) is 24.3 Å². The molecule has 1 heterocycles. The van der Waals surface area contributed by atoms with Crippen molar-refractivity contribution in [1.29, 1.82) is 0 Å². The first-order valence-corrected chi connectivity index (χ1v) is 6.05. The number of pyridine rings is 1. The first-order chi connectivity index (χ1) is 8.58. The molecule has 92 valence electrons. The maximum atomic E-state index is 13.5. The molecule has 0 fully saturated rings. The lowest BCUT2D eigenvalue weighted by Crippen LogP contribution is -2.08. The monoisotopic (exact) mass is 308 g/mol. The summed E-state index contributed by atoms with van der Waals surface area (Å²) in [5, 5.41) is 0. The fourth-order valence-electron chi connectivity index (χ4n) is 1.58. The highest BCUT2D eigenvalue weighted by Gasteiger charge is 2.14. The van der Waals surface area contributed by atoms with E-state index in [2.05, 4.69) is 20.9 Å². The van der Waals surface area contributed by atoms with Crippen LogP contribution in [0.2, 0.25) is 0 Å². The second-order valence-corrected chi connectivity index (χ2v) is 4.69. The van der Waals surface area contributed by atoms with Gasteiger partial charge >= 0.3 is 0 Å². The summed E-state index contributed by atoms with van der Waals surface area (Å²) >= 11 is 3.21. The quantitative estimate of drug-likeness (QED) is 0.887. The van der Waals surface area contributed by atoms with Gasteiger partial charge in [-0.3, -0.25) is 4.79 Å². The number of ketones is 1. The normalized spacial score (nSPS) is 10.3. The van der Waals surface area contributed by atoms with Crippen LogP contribution in [0.15, 0.2) is 41.0 Å². The molecule has 0 radical (unpaired) electrons. The molecule has 1 aromatic heterocycles. The molecule has 0 unspecified atom stereocenters. The van der Waals surface area contributed by atoms with Crippen LogP contribution < -0.4 is 5.73 Å². The number of nitrogens with zero attached hydrogens (tertiary/aromatic N) is 1. The number of rotatable bonds is 3. The van der Waals surface area contributed by atoms with E-state index in [1.807, 2.05) is 0 Å². The molecule has 0 atom stereocenters. The Morgan fingerprint density at radius 1 is 1.39 bits per heavy atom. The van der Waals surface area contributed by atoms with Gasteiger partial charge in [0.05, 0.1) is 5.56 Å². The number of hydrogen-bond acceptors (Lipinski definition) is 3. The Labute approximate surface area is 112 Å². The van der Waals surface area contributed by atoms with Crippen LogP contribution in [0.25, 0.3) is 0 Å². The summed E-state index contributed by atoms with van der Waals surface area (Å²) in [6.07, 6.45) is 1.58. The van der Waals surface area contributed by atoms with Crippen molar-refractivity contribution in [3.05, 3.63) is 57.9 Å². The number of nitrogen functional groups attached to an aromatic ring is 1. The van der Waals surface area contributed by atoms with Crippen LogP contribution in [0.5, 0.6) is 0 Å². The van der Waals surface area contributed by atoms with E-state index in [0.717, 1.165) is 0 Å². The SMILES string of the molecule is Nc1ncccc1CC(=O)c1cc(Br)ccc1F. The van der Waals surface area contributed by atoms with E-state index in [0.29, 0.717) is 15.9 Å². The Balaban J connectivity index is 2.28. The van der Waals surface area contributed by atoms with Crippen molar-refractivity contribution in [1.82, 2.24) is 4.98 Å². The first-order valence-electron chi connectivity index (χ1n) is 5.25. The molecule has 2 rings (SSSR count). The average molecular weight is 309 g/mol. The van der Waals surface area contributed by atoms with Crippen LogP contribution >= 0.6 is 15.9 Å². The molecule has 0 amide bonds. The number of aromatic nitrogens is 1. The molecule has 0 aliphatic rings. The Kier molecular flexibility index (Phi) is 3.72. The molecule has 0 aliphatic heterocycles. The zero-order valence-electron chi connectivity index (χ0n) is 9.36. The van der Waals surface area contributed by atoms with Crippen LogP contribution in [-0.4, -0.2) is 10.8 Å². The van der Waals surface area contributed by atoms with Crippen LogP contribution in [0.1, 0.15) is 15.9 Å². The third kappa shape index (κ3) is 2.73. The Hall–Kier alpha value is -1.75. The molecular formula is C13H10BrFN2O. The van der Waals surface area contributed by atoms with Crippen LogP contribution in [-0.2, 0) is 6.42 Å². The molecule has 2 aromatic rings. The van der Waals surface area contributed by atoms with Crippen molar-refractivity contribution in [2.75, 3.05) is 5.73 Å². The van der Waals surface area contributed by atoms with Crippen molar-refractivity contribution in [3.8, 4) is 0 Å². The van der Waals surface area contributed by atoms with Crippen molar-refractivity contribution >= 4 is 27.5 Å². The van der Waals surface area contributed by atoms with Gasteiger partial charge in [0.15, 0.2) is 5.78 Å². The Bertz CT molecular complexity index is 601. The lowest BCUT2D eigenvalue weighted by Gasteiger charge is -2.05. The van der Waals surface area contributed by atoms with E-state index in [9.17, 15) is 9.18 Å². The summed E-state index contributed by atoms with van der Waals surface area (Å²) in [5.74, 6) is -0.569. The van der Waals surface area contributed by atoms with E-state index in [1.165, 1.54) is 12.1 Å². The summed E-state index contributed by atoms with van der Waals surface area (Å²) in [4.78, 5) is 15.9. The van der Waals surface area contributed by atoms with Gasteiger partial charge in [0.2, 0.25) is 0 Å². The number of nitrogens with two attached hydrogens (primary N) is 1. The summed E-state index contributed by atoms with van der Waals surface area (Å²) in [6.45, 7) is 0. The molecule has 0 bridgehead atoms. The van der Waals surface area contributed by atoms with E-state index in [-0.39, 0.29) is 17.8 Å². The molecule has 5 heteroatoms. The van der Waals surface area contributed by atoms with E-state index < -0.39 is 5.82 Å². The fraction of sp³-hybridized carbons (Fsp3) is 0.0769. The Morgan fingerprint density at radius 3 is 2.89 bits per heavy atom. The lowest BCUT2D eigenvalue weighted by molar-refractivity contribution is 0.0989. The number of hydrogen-bond donors (Lipinski definition) is 1. The van der Waals surface area contributed by atoms with Crippen molar-refractivity contribution in [2.24, 2.45) is 0 Å². The zero-order chi connectivity index (χ0) is 13.1. The highest BCUT2D eigenvalue weighted by Crippen LogP contribution is 2.18. The number of anilines is 1. The molecular weight excluding hydrogens is 299 g/mol. The highest BCUT2D eigenvalue weighted by atomic mass is 79.9. The van der Waals surface area contributed by atoms with E-state index in [4.69, 9.17) is 5.73 Å². The summed E-state index contributed by atoms with van der Waals surface area (Å²) in [6, 6.07) is 7.66. The number of carbonyl (C=O) groups excluding carboxylic acids is 1. The van der Waals surface area contributed by atoms with Crippen molar-refractivity contribution in [2.45, 2.75) is 6.42 Å². The molecule has 2 N–H and O–H groups in total. The third-order valence-electron chi connectivity index (χ3n) is 2.51. The lowest BCUT2D eigenvalue weighted by atomic mass is 10.0. The van der Waals surface area contributed by atoms with Gasteiger partial charge in [0.1, 0.15) is 11.6 Å².